The summed E-state index contributed by atoms with van der Waals surface area (Å²) in [6.45, 7) is 5.68. The molecule has 1 heterocycles. The number of amides is 2. The van der Waals surface area contributed by atoms with E-state index in [-0.39, 0.29) is 42.7 Å². The van der Waals surface area contributed by atoms with Gasteiger partial charge < -0.3 is 20.7 Å². The van der Waals surface area contributed by atoms with Crippen molar-refractivity contribution in [2.75, 3.05) is 52.2 Å². The zero-order chi connectivity index (χ0) is 18.2. The van der Waals surface area contributed by atoms with Gasteiger partial charge in [-0.15, -0.1) is 24.8 Å². The molecule has 3 N–H and O–H groups in total. The van der Waals surface area contributed by atoms with E-state index in [1.165, 1.54) is 0 Å². The van der Waals surface area contributed by atoms with E-state index >= 15 is 0 Å². The van der Waals surface area contributed by atoms with Gasteiger partial charge in [-0.25, -0.2) is 0 Å². The first-order valence-corrected chi connectivity index (χ1v) is 8.69. The summed E-state index contributed by atoms with van der Waals surface area (Å²) in [5.41, 5.74) is 6.93. The first-order valence-electron chi connectivity index (χ1n) is 8.69. The Morgan fingerprint density at radius 2 is 1.81 bits per heavy atom. The molecule has 0 aromatic heterocycles. The maximum absolute atomic E-state index is 12.6. The number of carbonyl (C=O) groups excluding carboxylic acids is 2. The van der Waals surface area contributed by atoms with E-state index in [9.17, 15) is 9.59 Å². The van der Waals surface area contributed by atoms with Crippen LogP contribution in [0.4, 0.5) is 5.69 Å². The minimum Gasteiger partial charge on any atom is -0.398 e. The summed E-state index contributed by atoms with van der Waals surface area (Å²) in [7, 11) is 1.65. The van der Waals surface area contributed by atoms with Crippen LogP contribution in [0.15, 0.2) is 24.3 Å². The number of hydrogen-bond donors (Lipinski definition) is 2. The predicted molar refractivity (Wildman–Crippen MR) is 112 cm³/mol. The van der Waals surface area contributed by atoms with Crippen LogP contribution in [0, 0.1) is 0 Å². The largest absolute Gasteiger partial charge is 0.398 e. The summed E-state index contributed by atoms with van der Waals surface area (Å²) >= 11 is 0. The molecule has 7 nitrogen and oxygen atoms in total. The van der Waals surface area contributed by atoms with Crippen molar-refractivity contribution in [3.8, 4) is 0 Å². The second-order valence-corrected chi connectivity index (χ2v) is 6.23. The van der Waals surface area contributed by atoms with Gasteiger partial charge in [-0.2, -0.15) is 0 Å². The van der Waals surface area contributed by atoms with Crippen LogP contribution >= 0.6 is 24.8 Å². The molecule has 154 valence electrons. The van der Waals surface area contributed by atoms with Crippen molar-refractivity contribution >= 4 is 42.3 Å². The first-order chi connectivity index (χ1) is 12.0. The number of nitrogen functional groups attached to an aromatic ring is 1. The van der Waals surface area contributed by atoms with Gasteiger partial charge in [-0.3, -0.25) is 14.5 Å². The average Bonchev–Trinajstić information content (AvgIpc) is 2.64. The van der Waals surface area contributed by atoms with Crippen LogP contribution in [0.3, 0.4) is 0 Å². The van der Waals surface area contributed by atoms with Crippen molar-refractivity contribution in [2.24, 2.45) is 0 Å². The Labute approximate surface area is 173 Å². The highest BCUT2D eigenvalue weighted by atomic mass is 35.5. The molecule has 2 rings (SSSR count). The Morgan fingerprint density at radius 1 is 1.19 bits per heavy atom. The molecule has 1 aliphatic heterocycles. The number of carbonyl (C=O) groups is 2. The molecule has 1 atom stereocenters. The van der Waals surface area contributed by atoms with Crippen LogP contribution in [0.5, 0.6) is 0 Å². The Hall–Kier alpha value is -1.54. The van der Waals surface area contributed by atoms with Crippen LogP contribution < -0.4 is 11.1 Å². The molecule has 1 aromatic carbocycles. The monoisotopic (exact) mass is 420 g/mol. The summed E-state index contributed by atoms with van der Waals surface area (Å²) in [5.74, 6) is -0.0300. The molecular formula is C18H30Cl2N4O3. The smallest absolute Gasteiger partial charge is 0.256 e. The summed E-state index contributed by atoms with van der Waals surface area (Å²) in [6, 6.07) is 6.91. The minimum atomic E-state index is -0.207. The second-order valence-electron chi connectivity index (χ2n) is 6.23. The van der Waals surface area contributed by atoms with Gasteiger partial charge >= 0.3 is 0 Å². The second kappa shape index (κ2) is 12.8. The van der Waals surface area contributed by atoms with Crippen molar-refractivity contribution < 1.29 is 14.3 Å². The maximum Gasteiger partial charge on any atom is 0.256 e. The van der Waals surface area contributed by atoms with E-state index in [0.717, 1.165) is 6.42 Å². The van der Waals surface area contributed by atoms with E-state index in [1.54, 1.807) is 24.1 Å². The fraction of sp³-hybridized carbons (Fsp3) is 0.556. The Bertz CT molecular complexity index is 596. The van der Waals surface area contributed by atoms with Gasteiger partial charge in [0.1, 0.15) is 0 Å². The SMILES string of the molecule is COCCCNC(=O)C(C)N1CCN(C(=O)c2ccccc2N)CC1.Cl.Cl. The molecule has 9 heteroatoms. The van der Waals surface area contributed by atoms with E-state index in [0.29, 0.717) is 50.6 Å². The quantitative estimate of drug-likeness (QED) is 0.514. The molecule has 0 saturated carbocycles. The molecule has 1 fully saturated rings. The molecule has 1 saturated heterocycles. The third-order valence-corrected chi connectivity index (χ3v) is 4.54. The number of halogens is 2. The van der Waals surface area contributed by atoms with E-state index in [2.05, 4.69) is 10.2 Å². The summed E-state index contributed by atoms with van der Waals surface area (Å²) in [6.07, 6.45) is 0.801. The molecule has 0 aliphatic carbocycles. The van der Waals surface area contributed by atoms with Gasteiger partial charge in [0, 0.05) is 52.1 Å². The maximum atomic E-state index is 12.6. The van der Waals surface area contributed by atoms with Crippen LogP contribution in [0.1, 0.15) is 23.7 Å². The van der Waals surface area contributed by atoms with E-state index < -0.39 is 0 Å². The number of nitrogens with one attached hydrogen (secondary N) is 1. The van der Waals surface area contributed by atoms with Gasteiger partial charge in [0.25, 0.3) is 5.91 Å². The lowest BCUT2D eigenvalue weighted by Gasteiger charge is -2.37. The number of ether oxygens (including phenoxy) is 1. The van der Waals surface area contributed by atoms with Gasteiger partial charge in [-0.1, -0.05) is 12.1 Å². The summed E-state index contributed by atoms with van der Waals surface area (Å²) in [5, 5.41) is 2.92. The van der Waals surface area contributed by atoms with Crippen molar-refractivity contribution in [1.29, 1.82) is 0 Å². The molecular weight excluding hydrogens is 391 g/mol. The van der Waals surface area contributed by atoms with Gasteiger partial charge in [0.2, 0.25) is 5.91 Å². The number of rotatable bonds is 7. The Morgan fingerprint density at radius 3 is 2.41 bits per heavy atom. The van der Waals surface area contributed by atoms with Crippen LogP contribution in [0.2, 0.25) is 0 Å². The number of methoxy groups -OCH3 is 1. The fourth-order valence-corrected chi connectivity index (χ4v) is 2.92. The Balaban J connectivity index is 0.00000338. The third kappa shape index (κ3) is 7.18. The highest BCUT2D eigenvalue weighted by molar-refractivity contribution is 5.99. The third-order valence-electron chi connectivity index (χ3n) is 4.54. The van der Waals surface area contributed by atoms with Crippen LogP contribution in [-0.4, -0.2) is 74.1 Å². The van der Waals surface area contributed by atoms with E-state index in [4.69, 9.17) is 10.5 Å². The van der Waals surface area contributed by atoms with Crippen molar-refractivity contribution in [3.63, 3.8) is 0 Å². The van der Waals surface area contributed by atoms with Gasteiger partial charge in [0.05, 0.1) is 11.6 Å². The number of benzene rings is 1. The van der Waals surface area contributed by atoms with E-state index in [1.807, 2.05) is 19.1 Å². The highest BCUT2D eigenvalue weighted by Crippen LogP contribution is 2.15. The van der Waals surface area contributed by atoms with Crippen molar-refractivity contribution in [1.82, 2.24) is 15.1 Å². The lowest BCUT2D eigenvalue weighted by atomic mass is 10.1. The number of piperazine rings is 1. The Kier molecular flexibility index (Phi) is 12.0. The average molecular weight is 421 g/mol. The summed E-state index contributed by atoms with van der Waals surface area (Å²) in [4.78, 5) is 28.7. The number of hydrogen-bond acceptors (Lipinski definition) is 5. The highest BCUT2D eigenvalue weighted by Gasteiger charge is 2.28. The fourth-order valence-electron chi connectivity index (χ4n) is 2.92. The predicted octanol–water partition coefficient (Wildman–Crippen LogP) is 1.41. The molecule has 0 bridgehead atoms. The molecule has 0 spiro atoms. The summed E-state index contributed by atoms with van der Waals surface area (Å²) < 4.78 is 4.97. The lowest BCUT2D eigenvalue weighted by Crippen LogP contribution is -2.55. The van der Waals surface area contributed by atoms with Gasteiger partial charge in [-0.05, 0) is 25.5 Å². The molecule has 1 aromatic rings. The van der Waals surface area contributed by atoms with Crippen molar-refractivity contribution in [2.45, 2.75) is 19.4 Å². The lowest BCUT2D eigenvalue weighted by molar-refractivity contribution is -0.126. The standard InChI is InChI=1S/C18H28N4O3.2ClH/c1-14(17(23)20-8-5-13-25-2)21-9-11-22(12-10-21)18(24)15-6-3-4-7-16(15)19;;/h3-4,6-7,14H,5,8-13,19H2,1-2H3,(H,20,23);2*1H. The molecule has 2 amide bonds. The van der Waals surface area contributed by atoms with Crippen LogP contribution in [-0.2, 0) is 9.53 Å². The first kappa shape index (κ1) is 25.5. The van der Waals surface area contributed by atoms with Gasteiger partial charge in [0.15, 0.2) is 0 Å². The van der Waals surface area contributed by atoms with Crippen LogP contribution in [0.25, 0.3) is 0 Å². The zero-order valence-corrected chi connectivity index (χ0v) is 17.5. The minimum absolute atomic E-state index is 0. The van der Waals surface area contributed by atoms with Crippen molar-refractivity contribution in [3.05, 3.63) is 29.8 Å². The normalized spacial score (nSPS) is 15.3. The number of nitrogens with zero attached hydrogens (tertiary/aromatic N) is 2. The number of anilines is 1. The molecule has 1 aliphatic rings. The number of para-hydroxylation sites is 1. The molecule has 1 unspecified atom stereocenters. The number of nitrogens with two attached hydrogens (primary N) is 1. The zero-order valence-electron chi connectivity index (χ0n) is 15.8. The molecule has 27 heavy (non-hydrogen) atoms. The molecule has 0 radical (unpaired) electrons. The topological polar surface area (TPSA) is 87.9 Å².